The lowest BCUT2D eigenvalue weighted by molar-refractivity contribution is -0.302. The monoisotopic (exact) mass is 659 g/mol. The molecule has 46 heavy (non-hydrogen) atoms. The van der Waals surface area contributed by atoms with Crippen molar-refractivity contribution < 1.29 is 44.9 Å². The zero-order chi connectivity index (χ0) is 34.0. The number of rotatable bonds is 29. The molecule has 0 saturated carbocycles. The first-order chi connectivity index (χ1) is 22.3. The highest BCUT2D eigenvalue weighted by molar-refractivity contribution is 5.80. The van der Waals surface area contributed by atoms with Gasteiger partial charge in [-0.05, 0) is 19.3 Å². The molecular formula is C36H69NO9. The lowest BCUT2D eigenvalue weighted by atomic mass is 9.99. The molecule has 10 nitrogen and oxygen atoms in total. The Morgan fingerprint density at radius 1 is 0.739 bits per heavy atom. The van der Waals surface area contributed by atoms with Crippen LogP contribution in [0.3, 0.4) is 0 Å². The van der Waals surface area contributed by atoms with E-state index in [1.54, 1.807) is 6.08 Å². The number of aliphatic hydroxyl groups excluding tert-OH is 6. The normalized spacial score (nSPS) is 23.9. The van der Waals surface area contributed by atoms with Gasteiger partial charge in [0.1, 0.15) is 30.5 Å². The van der Waals surface area contributed by atoms with Crippen LogP contribution in [0.15, 0.2) is 12.2 Å². The van der Waals surface area contributed by atoms with E-state index < -0.39 is 61.5 Å². The van der Waals surface area contributed by atoms with Crippen molar-refractivity contribution in [3.05, 3.63) is 12.2 Å². The largest absolute Gasteiger partial charge is 0.394 e. The van der Waals surface area contributed by atoms with Crippen molar-refractivity contribution in [1.82, 2.24) is 5.32 Å². The van der Waals surface area contributed by atoms with Crippen LogP contribution in [-0.2, 0) is 14.3 Å². The van der Waals surface area contributed by atoms with Crippen LogP contribution in [-0.4, -0.2) is 98.7 Å². The molecule has 1 heterocycles. The van der Waals surface area contributed by atoms with E-state index in [1.165, 1.54) is 83.5 Å². The van der Waals surface area contributed by atoms with Crippen LogP contribution in [0, 0.1) is 0 Å². The second-order valence-corrected chi connectivity index (χ2v) is 13.2. The van der Waals surface area contributed by atoms with E-state index in [4.69, 9.17) is 9.47 Å². The summed E-state index contributed by atoms with van der Waals surface area (Å²) < 4.78 is 11.0. The van der Waals surface area contributed by atoms with Gasteiger partial charge < -0.3 is 45.4 Å². The van der Waals surface area contributed by atoms with Gasteiger partial charge >= 0.3 is 0 Å². The van der Waals surface area contributed by atoms with Crippen LogP contribution in [0.2, 0.25) is 0 Å². The number of carbonyl (C=O) groups is 1. The maximum Gasteiger partial charge on any atom is 0.249 e. The van der Waals surface area contributed by atoms with Crippen molar-refractivity contribution in [2.24, 2.45) is 0 Å². The molecule has 1 rings (SSSR count). The standard InChI is InChI=1S/C36H69NO9/c1-3-5-7-9-11-13-15-17-18-20-22-24-29(39)28(27-45-36-34(43)33(42)32(41)31(26-38)46-36)37-35(44)30(40)25-23-21-19-16-14-12-10-8-6-4-2/h22,24,28-34,36,38-43H,3-21,23,25-27H2,1-2H3,(H,37,44)/b24-22+. The Hall–Kier alpha value is -1.11. The Morgan fingerprint density at radius 3 is 1.76 bits per heavy atom. The summed E-state index contributed by atoms with van der Waals surface area (Å²) in [5.74, 6) is -0.621. The van der Waals surface area contributed by atoms with E-state index in [2.05, 4.69) is 19.2 Å². The zero-order valence-electron chi connectivity index (χ0n) is 28.9. The van der Waals surface area contributed by atoms with Crippen LogP contribution in [0.4, 0.5) is 0 Å². The molecule has 0 aromatic carbocycles. The van der Waals surface area contributed by atoms with Gasteiger partial charge in [-0.25, -0.2) is 0 Å². The molecule has 0 radical (unpaired) electrons. The Morgan fingerprint density at radius 2 is 1.24 bits per heavy atom. The van der Waals surface area contributed by atoms with Crippen LogP contribution < -0.4 is 5.32 Å². The molecule has 8 atom stereocenters. The van der Waals surface area contributed by atoms with Crippen LogP contribution >= 0.6 is 0 Å². The van der Waals surface area contributed by atoms with Gasteiger partial charge in [-0.1, -0.05) is 142 Å². The maximum atomic E-state index is 12.9. The Bertz CT molecular complexity index is 753. The van der Waals surface area contributed by atoms with Crippen molar-refractivity contribution in [1.29, 1.82) is 0 Å². The molecule has 1 fully saturated rings. The lowest BCUT2D eigenvalue weighted by Gasteiger charge is -2.40. The number of aliphatic hydroxyl groups is 6. The number of unbranched alkanes of at least 4 members (excludes halogenated alkanes) is 18. The second kappa shape index (κ2) is 27.8. The number of amides is 1. The molecule has 7 N–H and O–H groups in total. The molecule has 1 saturated heterocycles. The van der Waals surface area contributed by atoms with Crippen molar-refractivity contribution in [2.75, 3.05) is 13.2 Å². The fourth-order valence-corrected chi connectivity index (χ4v) is 5.81. The van der Waals surface area contributed by atoms with Crippen molar-refractivity contribution in [2.45, 2.75) is 198 Å². The van der Waals surface area contributed by atoms with Crippen molar-refractivity contribution >= 4 is 5.91 Å². The zero-order valence-corrected chi connectivity index (χ0v) is 28.9. The second-order valence-electron chi connectivity index (χ2n) is 13.2. The van der Waals surface area contributed by atoms with Gasteiger partial charge in [-0.3, -0.25) is 4.79 Å². The minimum Gasteiger partial charge on any atom is -0.394 e. The Kier molecular flexibility index (Phi) is 25.9. The van der Waals surface area contributed by atoms with E-state index in [1.807, 2.05) is 6.08 Å². The van der Waals surface area contributed by atoms with E-state index in [0.29, 0.717) is 6.42 Å². The summed E-state index contributed by atoms with van der Waals surface area (Å²) in [5, 5.41) is 64.1. The third kappa shape index (κ3) is 19.0. The van der Waals surface area contributed by atoms with Crippen molar-refractivity contribution in [3.8, 4) is 0 Å². The number of hydrogen-bond acceptors (Lipinski definition) is 9. The van der Waals surface area contributed by atoms with E-state index in [9.17, 15) is 35.4 Å². The van der Waals surface area contributed by atoms with Gasteiger partial charge in [0, 0.05) is 0 Å². The molecule has 0 bridgehead atoms. The molecule has 0 aromatic rings. The van der Waals surface area contributed by atoms with Gasteiger partial charge in [-0.15, -0.1) is 0 Å². The summed E-state index contributed by atoms with van der Waals surface area (Å²) >= 11 is 0. The fraction of sp³-hybridized carbons (Fsp3) is 0.917. The summed E-state index contributed by atoms with van der Waals surface area (Å²) in [6.45, 7) is 3.53. The maximum absolute atomic E-state index is 12.9. The first kappa shape index (κ1) is 42.9. The lowest BCUT2D eigenvalue weighted by Crippen LogP contribution is -2.60. The van der Waals surface area contributed by atoms with Gasteiger partial charge in [0.25, 0.3) is 0 Å². The van der Waals surface area contributed by atoms with Gasteiger partial charge in [-0.2, -0.15) is 0 Å². The van der Waals surface area contributed by atoms with Crippen LogP contribution in [0.5, 0.6) is 0 Å². The predicted octanol–water partition coefficient (Wildman–Crippen LogP) is 4.80. The molecule has 10 heteroatoms. The van der Waals surface area contributed by atoms with E-state index in [0.717, 1.165) is 44.9 Å². The summed E-state index contributed by atoms with van der Waals surface area (Å²) in [6.07, 6.45) is 17.4. The summed E-state index contributed by atoms with van der Waals surface area (Å²) in [7, 11) is 0. The summed E-state index contributed by atoms with van der Waals surface area (Å²) in [6, 6.07) is -0.971. The Labute approximate surface area is 279 Å². The summed E-state index contributed by atoms with van der Waals surface area (Å²) in [4.78, 5) is 12.9. The van der Waals surface area contributed by atoms with Gasteiger partial charge in [0.15, 0.2) is 6.29 Å². The number of ether oxygens (including phenoxy) is 2. The number of hydrogen-bond donors (Lipinski definition) is 7. The van der Waals surface area contributed by atoms with Gasteiger partial charge in [0.2, 0.25) is 5.91 Å². The predicted molar refractivity (Wildman–Crippen MR) is 181 cm³/mol. The van der Waals surface area contributed by atoms with Crippen LogP contribution in [0.1, 0.15) is 149 Å². The quantitative estimate of drug-likeness (QED) is 0.0441. The molecule has 0 aromatic heterocycles. The highest BCUT2D eigenvalue weighted by Gasteiger charge is 2.44. The topological polar surface area (TPSA) is 169 Å². The fourth-order valence-electron chi connectivity index (χ4n) is 5.81. The third-order valence-electron chi connectivity index (χ3n) is 8.97. The highest BCUT2D eigenvalue weighted by atomic mass is 16.7. The Balaban J connectivity index is 2.57. The molecule has 0 aliphatic carbocycles. The molecule has 8 unspecified atom stereocenters. The average molecular weight is 660 g/mol. The SMILES string of the molecule is CCCCCCCCCCC/C=C/C(O)C(COC1OC(CO)C(O)C(O)C1O)NC(=O)C(O)CCCCCCCCCCCC. The molecular weight excluding hydrogens is 590 g/mol. The molecule has 1 aliphatic heterocycles. The minimum atomic E-state index is -1.60. The average Bonchev–Trinajstić information content (AvgIpc) is 3.05. The van der Waals surface area contributed by atoms with Crippen LogP contribution in [0.25, 0.3) is 0 Å². The third-order valence-corrected chi connectivity index (χ3v) is 8.97. The molecule has 1 amide bonds. The summed E-state index contributed by atoms with van der Waals surface area (Å²) in [5.41, 5.74) is 0. The number of nitrogens with one attached hydrogen (secondary N) is 1. The first-order valence-electron chi connectivity index (χ1n) is 18.5. The van der Waals surface area contributed by atoms with Gasteiger partial charge in [0.05, 0.1) is 25.4 Å². The smallest absolute Gasteiger partial charge is 0.249 e. The van der Waals surface area contributed by atoms with E-state index in [-0.39, 0.29) is 6.61 Å². The first-order valence-corrected chi connectivity index (χ1v) is 18.5. The van der Waals surface area contributed by atoms with Crippen molar-refractivity contribution in [3.63, 3.8) is 0 Å². The number of carbonyl (C=O) groups excluding carboxylic acids is 1. The molecule has 0 spiro atoms. The van der Waals surface area contributed by atoms with E-state index >= 15 is 0 Å². The molecule has 1 aliphatic rings. The minimum absolute atomic E-state index is 0.303. The molecule has 272 valence electrons. The highest BCUT2D eigenvalue weighted by Crippen LogP contribution is 2.22. The number of allylic oxidation sites excluding steroid dienone is 1.